The molecule has 0 bridgehead atoms. The first-order chi connectivity index (χ1) is 10.0. The van der Waals surface area contributed by atoms with Crippen LogP contribution in [0.4, 0.5) is 5.69 Å². The molecule has 1 aliphatic rings. The first-order valence-electron chi connectivity index (χ1n) is 6.04. The highest BCUT2D eigenvalue weighted by atomic mass is 35.5. The molecule has 8 heteroatoms. The zero-order chi connectivity index (χ0) is 15.1. The van der Waals surface area contributed by atoms with Crippen LogP contribution in [-0.2, 0) is 11.8 Å². The number of nitrogens with one attached hydrogen (secondary N) is 1. The van der Waals surface area contributed by atoms with Gasteiger partial charge in [-0.05, 0) is 18.4 Å². The first-order valence-corrected chi connectivity index (χ1v) is 9.01. The molecule has 0 fully saturated rings. The number of fused-ring (bicyclic) bond motifs is 1. The Bertz CT molecular complexity index is 746. The highest BCUT2D eigenvalue weighted by Gasteiger charge is 2.22. The maximum Gasteiger partial charge on any atom is 0.234 e. The molecule has 1 amide bonds. The van der Waals surface area contributed by atoms with Gasteiger partial charge < -0.3 is 5.32 Å². The summed E-state index contributed by atoms with van der Waals surface area (Å²) in [5.41, 5.74) is 2.10. The largest absolute Gasteiger partial charge is 0.324 e. The predicted molar refractivity (Wildman–Crippen MR) is 89.8 cm³/mol. The minimum atomic E-state index is -0.0160. The number of hydrogen-bond acceptors (Lipinski definition) is 4. The molecule has 2 heterocycles. The first kappa shape index (κ1) is 15.1. The van der Waals surface area contributed by atoms with Crippen LogP contribution in [0.3, 0.4) is 0 Å². The normalized spacial score (nSPS) is 14.0. The topological polar surface area (TPSA) is 46.9 Å². The summed E-state index contributed by atoms with van der Waals surface area (Å²) in [5, 5.41) is 9.31. The predicted octanol–water partition coefficient (Wildman–Crippen LogP) is 4.16. The number of nitrogens with zero attached hydrogens (tertiary/aromatic N) is 2. The monoisotopic (exact) mass is 359 g/mol. The van der Waals surface area contributed by atoms with Gasteiger partial charge in [-0.15, -0.1) is 23.5 Å². The van der Waals surface area contributed by atoms with E-state index in [1.54, 1.807) is 4.68 Å². The summed E-state index contributed by atoms with van der Waals surface area (Å²) >= 11 is 15.8. The zero-order valence-electron chi connectivity index (χ0n) is 11.2. The summed E-state index contributed by atoms with van der Waals surface area (Å²) < 4.78 is 1.73. The number of amides is 1. The molecule has 4 nitrogen and oxygen atoms in total. The number of carbonyl (C=O) groups is 1. The molecular formula is C13H11Cl2N3OS2. The van der Waals surface area contributed by atoms with Crippen LogP contribution in [0.5, 0.6) is 0 Å². The molecule has 1 aromatic heterocycles. The molecule has 0 saturated carbocycles. The van der Waals surface area contributed by atoms with Gasteiger partial charge in [0.2, 0.25) is 5.91 Å². The van der Waals surface area contributed by atoms with Crippen LogP contribution in [-0.4, -0.2) is 27.7 Å². The third-order valence-electron chi connectivity index (χ3n) is 3.09. The molecule has 1 aromatic carbocycles. The number of benzene rings is 1. The van der Waals surface area contributed by atoms with Crippen molar-refractivity contribution in [2.75, 3.05) is 17.3 Å². The second-order valence-corrected chi connectivity index (χ2v) is 7.06. The van der Waals surface area contributed by atoms with Gasteiger partial charge in [0, 0.05) is 17.5 Å². The van der Waals surface area contributed by atoms with E-state index in [1.165, 1.54) is 23.5 Å². The SMILES string of the molecule is CSc1c(Cl)c(-c2cc3c(cc2Cl)SCC(=O)N3)nn1C. The average Bonchev–Trinajstić information content (AvgIpc) is 2.73. The zero-order valence-corrected chi connectivity index (χ0v) is 14.4. The van der Waals surface area contributed by atoms with E-state index in [0.717, 1.165) is 21.2 Å². The van der Waals surface area contributed by atoms with E-state index >= 15 is 0 Å². The summed E-state index contributed by atoms with van der Waals surface area (Å²) in [7, 11) is 1.84. The van der Waals surface area contributed by atoms with Gasteiger partial charge >= 0.3 is 0 Å². The molecule has 0 saturated heterocycles. The van der Waals surface area contributed by atoms with Crippen molar-refractivity contribution in [3.8, 4) is 11.3 Å². The van der Waals surface area contributed by atoms with E-state index in [-0.39, 0.29) is 5.91 Å². The van der Waals surface area contributed by atoms with Crippen LogP contribution in [0.1, 0.15) is 0 Å². The maximum atomic E-state index is 11.5. The minimum absolute atomic E-state index is 0.0160. The van der Waals surface area contributed by atoms with Crippen molar-refractivity contribution < 1.29 is 4.79 Å². The van der Waals surface area contributed by atoms with Gasteiger partial charge in [-0.2, -0.15) is 5.10 Å². The third-order valence-corrected chi connectivity index (χ3v) is 5.78. The lowest BCUT2D eigenvalue weighted by Crippen LogP contribution is -2.18. The van der Waals surface area contributed by atoms with Gasteiger partial charge in [0.05, 0.1) is 16.5 Å². The number of aryl methyl sites for hydroxylation is 1. The minimum Gasteiger partial charge on any atom is -0.324 e. The Balaban J connectivity index is 2.15. The summed E-state index contributed by atoms with van der Waals surface area (Å²) in [6, 6.07) is 3.68. The Morgan fingerprint density at radius 1 is 1.43 bits per heavy atom. The summed E-state index contributed by atoms with van der Waals surface area (Å²) in [5.74, 6) is 0.390. The van der Waals surface area contributed by atoms with Crippen molar-refractivity contribution in [3.05, 3.63) is 22.2 Å². The van der Waals surface area contributed by atoms with Crippen LogP contribution in [0.2, 0.25) is 10.0 Å². The molecule has 110 valence electrons. The van der Waals surface area contributed by atoms with E-state index < -0.39 is 0 Å². The van der Waals surface area contributed by atoms with Crippen molar-refractivity contribution in [2.24, 2.45) is 7.05 Å². The Kier molecular flexibility index (Phi) is 4.14. The van der Waals surface area contributed by atoms with Crippen LogP contribution in [0.15, 0.2) is 22.1 Å². The number of hydrogen-bond donors (Lipinski definition) is 1. The fraction of sp³-hybridized carbons (Fsp3) is 0.231. The van der Waals surface area contributed by atoms with E-state index in [4.69, 9.17) is 23.2 Å². The Labute approximate surface area is 140 Å². The molecule has 2 aromatic rings. The van der Waals surface area contributed by atoms with Gasteiger partial charge in [-0.3, -0.25) is 9.48 Å². The van der Waals surface area contributed by atoms with E-state index in [9.17, 15) is 4.79 Å². The summed E-state index contributed by atoms with van der Waals surface area (Å²) in [6.07, 6.45) is 1.94. The summed E-state index contributed by atoms with van der Waals surface area (Å²) in [4.78, 5) is 12.5. The van der Waals surface area contributed by atoms with Crippen LogP contribution >= 0.6 is 46.7 Å². The van der Waals surface area contributed by atoms with Gasteiger partial charge in [0.1, 0.15) is 15.7 Å². The molecule has 21 heavy (non-hydrogen) atoms. The molecule has 0 spiro atoms. The number of carbonyl (C=O) groups excluding carboxylic acids is 1. The highest BCUT2D eigenvalue weighted by Crippen LogP contribution is 2.42. The number of rotatable bonds is 2. The van der Waals surface area contributed by atoms with Crippen molar-refractivity contribution in [2.45, 2.75) is 9.92 Å². The second kappa shape index (κ2) is 5.76. The number of anilines is 1. The Hall–Kier alpha value is -0.820. The average molecular weight is 360 g/mol. The molecule has 1 aliphatic heterocycles. The molecule has 0 aliphatic carbocycles. The van der Waals surface area contributed by atoms with Crippen molar-refractivity contribution in [1.82, 2.24) is 9.78 Å². The highest BCUT2D eigenvalue weighted by molar-refractivity contribution is 8.00. The Morgan fingerprint density at radius 2 is 2.19 bits per heavy atom. The maximum absolute atomic E-state index is 11.5. The molecule has 0 atom stereocenters. The van der Waals surface area contributed by atoms with Crippen molar-refractivity contribution in [3.63, 3.8) is 0 Å². The molecule has 0 unspecified atom stereocenters. The third kappa shape index (κ3) is 2.65. The molecular weight excluding hydrogens is 349 g/mol. The van der Waals surface area contributed by atoms with Gasteiger partial charge in [0.15, 0.2) is 0 Å². The van der Waals surface area contributed by atoms with Gasteiger partial charge in [0.25, 0.3) is 0 Å². The molecule has 0 radical (unpaired) electrons. The van der Waals surface area contributed by atoms with E-state index in [0.29, 0.717) is 21.5 Å². The smallest absolute Gasteiger partial charge is 0.234 e. The molecule has 3 rings (SSSR count). The van der Waals surface area contributed by atoms with Gasteiger partial charge in [-0.1, -0.05) is 23.2 Å². The number of halogens is 2. The van der Waals surface area contributed by atoms with E-state index in [1.807, 2.05) is 25.4 Å². The lowest BCUT2D eigenvalue weighted by atomic mass is 10.1. The van der Waals surface area contributed by atoms with Crippen molar-refractivity contribution in [1.29, 1.82) is 0 Å². The lowest BCUT2D eigenvalue weighted by molar-refractivity contribution is -0.113. The quantitative estimate of drug-likeness (QED) is 0.817. The second-order valence-electron chi connectivity index (χ2n) is 4.46. The van der Waals surface area contributed by atoms with Crippen LogP contribution in [0, 0.1) is 0 Å². The van der Waals surface area contributed by atoms with Crippen molar-refractivity contribution >= 4 is 58.3 Å². The number of aromatic nitrogens is 2. The lowest BCUT2D eigenvalue weighted by Gasteiger charge is -2.17. The van der Waals surface area contributed by atoms with Crippen LogP contribution < -0.4 is 5.32 Å². The number of thioether (sulfide) groups is 2. The molecule has 1 N–H and O–H groups in total. The van der Waals surface area contributed by atoms with Gasteiger partial charge in [-0.25, -0.2) is 0 Å². The van der Waals surface area contributed by atoms with Crippen LogP contribution in [0.25, 0.3) is 11.3 Å². The fourth-order valence-corrected chi connectivity index (χ4v) is 4.38. The summed E-state index contributed by atoms with van der Waals surface area (Å²) in [6.45, 7) is 0. The Morgan fingerprint density at radius 3 is 2.86 bits per heavy atom. The fourth-order valence-electron chi connectivity index (χ4n) is 2.16. The standard InChI is InChI=1S/C13H11Cl2N3OS2/c1-18-13(20-2)11(15)12(17-18)6-3-8-9(4-7(6)14)21-5-10(19)16-8/h3-4H,5H2,1-2H3,(H,16,19). The van der Waals surface area contributed by atoms with E-state index in [2.05, 4.69) is 10.4 Å².